The van der Waals surface area contributed by atoms with Gasteiger partial charge < -0.3 is 35.8 Å². The summed E-state index contributed by atoms with van der Waals surface area (Å²) in [7, 11) is -3.95. The number of imidazole rings is 1. The third-order valence-electron chi connectivity index (χ3n) is 10.0. The van der Waals surface area contributed by atoms with Gasteiger partial charge in [0.05, 0.1) is 17.8 Å². The molecule has 0 bridgehead atoms. The van der Waals surface area contributed by atoms with Crippen LogP contribution in [-0.2, 0) is 21.3 Å². The Hall–Kier alpha value is -6.06. The first-order valence-corrected chi connectivity index (χ1v) is 19.9. The van der Waals surface area contributed by atoms with Gasteiger partial charge in [-0.15, -0.1) is 10.2 Å². The molecule has 0 aliphatic carbocycles. The van der Waals surface area contributed by atoms with Crippen molar-refractivity contribution >= 4 is 44.7 Å². The van der Waals surface area contributed by atoms with Crippen LogP contribution in [0.4, 0.5) is 22.2 Å². The van der Waals surface area contributed by atoms with Crippen LogP contribution in [0.25, 0.3) is 11.2 Å². The fourth-order valence-electron chi connectivity index (χ4n) is 7.12. The molecule has 19 nitrogen and oxygen atoms in total. The van der Waals surface area contributed by atoms with Gasteiger partial charge in [0.15, 0.2) is 29.3 Å². The molecular weight excluding hydrogens is 755 g/mol. The number of anilines is 3. The fraction of sp³-hybridized carbons (Fsp3) is 0.324. The monoisotopic (exact) mass is 795 g/mol. The number of aromatic nitrogens is 8. The minimum absolute atomic E-state index is 0.0487. The molecule has 0 spiro atoms. The van der Waals surface area contributed by atoms with E-state index in [1.807, 2.05) is 48.2 Å². The average molecular weight is 796 g/mol. The van der Waals surface area contributed by atoms with Gasteiger partial charge in [-0.1, -0.05) is 66.7 Å². The van der Waals surface area contributed by atoms with Crippen molar-refractivity contribution in [3.63, 3.8) is 0 Å². The Kier molecular flexibility index (Phi) is 10.5. The molecule has 2 aliphatic heterocycles. The normalized spacial score (nSPS) is 21.0. The number of fused-ring (bicyclic) bond motifs is 1. The number of ether oxygens (including phenoxy) is 1. The molecule has 2 amide bonds. The number of nitrogens with two attached hydrogens (primary N) is 1. The minimum atomic E-state index is -3.95. The van der Waals surface area contributed by atoms with Crippen molar-refractivity contribution in [3.05, 3.63) is 108 Å². The number of rotatable bonds is 12. The molecule has 20 heteroatoms. The number of hydrogen-bond donors (Lipinski definition) is 6. The summed E-state index contributed by atoms with van der Waals surface area (Å²) >= 11 is 0. The number of hydrogen-bond acceptors (Lipinski definition) is 14. The van der Waals surface area contributed by atoms with Gasteiger partial charge in [-0.2, -0.15) is 14.8 Å². The average Bonchev–Trinajstić information content (AvgIpc) is 4.03. The molecule has 57 heavy (non-hydrogen) atoms. The van der Waals surface area contributed by atoms with E-state index in [-0.39, 0.29) is 28.4 Å². The van der Waals surface area contributed by atoms with Crippen molar-refractivity contribution < 1.29 is 28.2 Å². The summed E-state index contributed by atoms with van der Waals surface area (Å²) in [6.45, 7) is 3.60. The molecule has 2 saturated heterocycles. The molecule has 296 valence electrons. The molecule has 1 unspecified atom stereocenters. The number of aliphatic hydroxyl groups is 2. The van der Waals surface area contributed by atoms with Crippen molar-refractivity contribution in [2.75, 3.05) is 35.2 Å². The second-order valence-corrected chi connectivity index (χ2v) is 15.4. The number of urea groups is 1. The van der Waals surface area contributed by atoms with Crippen LogP contribution in [0.15, 0.2) is 96.2 Å². The number of carbonyl (C=O) groups is 1. The lowest BCUT2D eigenvalue weighted by Gasteiger charge is -2.22. The summed E-state index contributed by atoms with van der Waals surface area (Å²) in [4.78, 5) is 30.7. The van der Waals surface area contributed by atoms with Crippen molar-refractivity contribution in [2.24, 2.45) is 5.14 Å². The molecule has 3 aromatic heterocycles. The van der Waals surface area contributed by atoms with Crippen LogP contribution in [0.2, 0.25) is 0 Å². The third kappa shape index (κ3) is 7.98. The Bertz CT molecular complexity index is 2430. The van der Waals surface area contributed by atoms with Crippen LogP contribution < -0.4 is 26.0 Å². The van der Waals surface area contributed by atoms with Crippen molar-refractivity contribution in [1.29, 1.82) is 0 Å². The summed E-state index contributed by atoms with van der Waals surface area (Å²) in [5, 5.41) is 49.0. The maximum Gasteiger partial charge on any atom is 0.319 e. The third-order valence-corrected chi connectivity index (χ3v) is 10.9. The highest BCUT2D eigenvalue weighted by molar-refractivity contribution is 7.89. The summed E-state index contributed by atoms with van der Waals surface area (Å²) < 4.78 is 31.4. The number of tetrazole rings is 1. The van der Waals surface area contributed by atoms with Crippen LogP contribution in [-0.4, -0.2) is 102 Å². The maximum absolute atomic E-state index is 13.0. The van der Waals surface area contributed by atoms with E-state index in [9.17, 15) is 23.4 Å². The molecular formula is C37H41N13O6S. The number of benzene rings is 3. The summed E-state index contributed by atoms with van der Waals surface area (Å²) in [6.07, 6.45) is -2.87. The molecule has 8 rings (SSSR count). The quantitative estimate of drug-likeness (QED) is 0.104. The van der Waals surface area contributed by atoms with E-state index in [0.717, 1.165) is 11.1 Å². The van der Waals surface area contributed by atoms with E-state index in [2.05, 4.69) is 60.6 Å². The van der Waals surface area contributed by atoms with Gasteiger partial charge in [0.1, 0.15) is 12.2 Å². The lowest BCUT2D eigenvalue weighted by Crippen LogP contribution is -2.40. The predicted octanol–water partition coefficient (Wildman–Crippen LogP) is 2.12. The highest BCUT2D eigenvalue weighted by atomic mass is 32.2. The van der Waals surface area contributed by atoms with Crippen molar-refractivity contribution in [1.82, 2.24) is 45.0 Å². The lowest BCUT2D eigenvalue weighted by atomic mass is 9.91. The number of aryl methyl sites for hydroxylation is 1. The molecule has 3 aromatic carbocycles. The van der Waals surface area contributed by atoms with Gasteiger partial charge in [0.2, 0.25) is 21.8 Å². The molecule has 6 aromatic rings. The fourth-order valence-corrected chi connectivity index (χ4v) is 7.68. The zero-order chi connectivity index (χ0) is 39.7. The van der Waals surface area contributed by atoms with Crippen LogP contribution in [0, 0.1) is 0 Å². The standard InChI is InChI=1S/C37H41N13O6S/c1-2-50-46-33(45-47-50)31-29(51)30(52)35(56-31)49-21-40-28-32(39-19-27(22-10-5-3-6-11-22)23-12-7-4-8-13-23)43-36(44-34(28)49)48-17-16-25(20-48)42-37(53)41-24-14-9-15-26(18-24)57(38,54)55/h3-15,18,21,25,27,29-31,35,51-52H,2,16-17,19-20H2,1H3,(H2,38,54,55)(H,39,43,44)(H2,41,42,53)/t25?,29-,30+,31-,35+/m0/s1. The van der Waals surface area contributed by atoms with Crippen molar-refractivity contribution in [2.45, 2.75) is 61.3 Å². The van der Waals surface area contributed by atoms with Gasteiger partial charge in [0, 0.05) is 37.3 Å². The van der Waals surface area contributed by atoms with Crippen molar-refractivity contribution in [3.8, 4) is 0 Å². The van der Waals surface area contributed by atoms with Gasteiger partial charge in [-0.3, -0.25) is 4.57 Å². The Labute approximate surface area is 327 Å². The number of nitrogens with zero attached hydrogens (tertiary/aromatic N) is 9. The largest absolute Gasteiger partial charge is 0.387 e. The van der Waals surface area contributed by atoms with E-state index >= 15 is 0 Å². The molecule has 2 fully saturated rings. The summed E-state index contributed by atoms with van der Waals surface area (Å²) in [6, 6.07) is 25.1. The van der Waals surface area contributed by atoms with Gasteiger partial charge in [-0.25, -0.2) is 23.3 Å². The summed E-state index contributed by atoms with van der Waals surface area (Å²) in [5.74, 6) is 0.863. The smallest absolute Gasteiger partial charge is 0.319 e. The first kappa shape index (κ1) is 37.8. The van der Waals surface area contributed by atoms with E-state index < -0.39 is 40.6 Å². The predicted molar refractivity (Wildman–Crippen MR) is 207 cm³/mol. The molecule has 7 N–H and O–H groups in total. The molecule has 5 heterocycles. The number of sulfonamides is 1. The maximum atomic E-state index is 13.0. The molecule has 0 saturated carbocycles. The van der Waals surface area contributed by atoms with Crippen LogP contribution in [0.1, 0.15) is 48.5 Å². The molecule has 5 atom stereocenters. The minimum Gasteiger partial charge on any atom is -0.387 e. The first-order chi connectivity index (χ1) is 27.6. The second kappa shape index (κ2) is 15.8. The van der Waals surface area contributed by atoms with E-state index in [4.69, 9.17) is 19.8 Å². The number of amides is 2. The molecule has 0 radical (unpaired) electrons. The Morgan fingerprint density at radius 1 is 1.00 bits per heavy atom. The summed E-state index contributed by atoms with van der Waals surface area (Å²) in [5.41, 5.74) is 3.23. The Balaban J connectivity index is 1.08. The number of aliphatic hydroxyl groups excluding tert-OH is 2. The number of primary sulfonamides is 1. The van der Waals surface area contributed by atoms with E-state index in [0.29, 0.717) is 55.5 Å². The highest BCUT2D eigenvalue weighted by Gasteiger charge is 2.47. The van der Waals surface area contributed by atoms with E-state index in [1.54, 1.807) is 10.6 Å². The van der Waals surface area contributed by atoms with Crippen LogP contribution in [0.5, 0.6) is 0 Å². The van der Waals surface area contributed by atoms with Gasteiger partial charge in [0.25, 0.3) is 0 Å². The van der Waals surface area contributed by atoms with Gasteiger partial charge in [-0.05, 0) is 47.9 Å². The number of carbonyl (C=O) groups excluding carboxylic acids is 1. The van der Waals surface area contributed by atoms with Crippen LogP contribution >= 0.6 is 0 Å². The first-order valence-electron chi connectivity index (χ1n) is 18.4. The zero-order valence-corrected chi connectivity index (χ0v) is 31.5. The lowest BCUT2D eigenvalue weighted by molar-refractivity contribution is -0.0384. The number of nitrogens with one attached hydrogen (secondary N) is 3. The van der Waals surface area contributed by atoms with Crippen LogP contribution in [0.3, 0.4) is 0 Å². The zero-order valence-electron chi connectivity index (χ0n) is 30.7. The molecule has 2 aliphatic rings. The Morgan fingerprint density at radius 3 is 2.42 bits per heavy atom. The van der Waals surface area contributed by atoms with Gasteiger partial charge >= 0.3 is 6.03 Å². The second-order valence-electron chi connectivity index (χ2n) is 13.8. The highest BCUT2D eigenvalue weighted by Crippen LogP contribution is 2.39. The topological polar surface area (TPSA) is 253 Å². The Morgan fingerprint density at radius 2 is 1.74 bits per heavy atom. The SMILES string of the molecule is CCn1nnc([C@H]2O[C@@H](n3cnc4c(NCC(c5ccccc5)c5ccccc5)nc(N5CCC(NC(=O)Nc6cccc(S(N)(=O)=O)c6)C5)nc43)[C@H](O)[C@@H]2O)n1. The van der Waals surface area contributed by atoms with E-state index in [1.165, 1.54) is 29.3 Å².